The Labute approximate surface area is 242 Å². The number of fused-ring (bicyclic) bond motifs is 1. The normalized spacial score (nSPS) is 22.0. The lowest BCUT2D eigenvalue weighted by molar-refractivity contribution is -0.132. The average Bonchev–Trinajstić information content (AvgIpc) is 3.25. The van der Waals surface area contributed by atoms with Gasteiger partial charge in [-0.15, -0.1) is 0 Å². The number of carbonyl (C=O) groups excluding carboxylic acids is 3. The molecule has 1 aliphatic heterocycles. The number of aromatic nitrogens is 1. The maximum absolute atomic E-state index is 13.2. The minimum absolute atomic E-state index is 0.00157. The van der Waals surface area contributed by atoms with Crippen molar-refractivity contribution in [2.45, 2.75) is 91.0 Å². The van der Waals surface area contributed by atoms with Gasteiger partial charge in [0, 0.05) is 43.2 Å². The van der Waals surface area contributed by atoms with E-state index in [0.717, 1.165) is 25.8 Å². The van der Waals surface area contributed by atoms with Crippen molar-refractivity contribution in [2.24, 2.45) is 11.8 Å². The van der Waals surface area contributed by atoms with Gasteiger partial charge in [0.05, 0.1) is 18.7 Å². The largest absolute Gasteiger partial charge is 0.446 e. The summed E-state index contributed by atoms with van der Waals surface area (Å²) in [6, 6.07) is 6.15. The van der Waals surface area contributed by atoms with Gasteiger partial charge < -0.3 is 25.5 Å². The number of oxazole rings is 1. The molecule has 4 unspecified atom stereocenters. The van der Waals surface area contributed by atoms with Gasteiger partial charge in [0.2, 0.25) is 5.91 Å². The number of aliphatic hydroxyl groups is 1. The van der Waals surface area contributed by atoms with Crippen molar-refractivity contribution in [3.8, 4) is 0 Å². The maximum atomic E-state index is 13.2. The van der Waals surface area contributed by atoms with E-state index >= 15 is 0 Å². The zero-order chi connectivity index (χ0) is 29.7. The van der Waals surface area contributed by atoms with Gasteiger partial charge in [-0.3, -0.25) is 19.3 Å². The highest BCUT2D eigenvalue weighted by Crippen LogP contribution is 2.38. The first-order valence-corrected chi connectivity index (χ1v) is 14.7. The molecule has 1 aromatic heterocycles. The first kappa shape index (κ1) is 30.7. The van der Waals surface area contributed by atoms with Gasteiger partial charge in [0.1, 0.15) is 11.5 Å². The molecule has 4 N–H and O–H groups in total. The van der Waals surface area contributed by atoms with Crippen LogP contribution in [0.2, 0.25) is 0 Å². The summed E-state index contributed by atoms with van der Waals surface area (Å²) >= 11 is 0. The molecule has 10 nitrogen and oxygen atoms in total. The number of rotatable bonds is 9. The number of amides is 3. The van der Waals surface area contributed by atoms with Crippen molar-refractivity contribution in [1.29, 1.82) is 0 Å². The number of nitrogens with one attached hydrogen (secondary N) is 3. The number of piperidine rings is 1. The SMILES string of the molecule is Cc1nc(CNC(=O)c2cccc(C(=O)NCC(O)CN3CC4CCCCC4CC3C(=O)NC(C)(C)C)c2)c(C)o1. The lowest BCUT2D eigenvalue weighted by Crippen LogP contribution is -2.59. The molecule has 0 spiro atoms. The number of likely N-dealkylation sites (tertiary alicyclic amines) is 1. The molecule has 2 aliphatic rings. The van der Waals surface area contributed by atoms with Gasteiger partial charge >= 0.3 is 0 Å². The van der Waals surface area contributed by atoms with Crippen LogP contribution in [0.4, 0.5) is 0 Å². The smallest absolute Gasteiger partial charge is 0.251 e. The molecule has 1 aliphatic carbocycles. The van der Waals surface area contributed by atoms with E-state index in [1.165, 1.54) is 18.9 Å². The molecular weight excluding hydrogens is 522 g/mol. The summed E-state index contributed by atoms with van der Waals surface area (Å²) in [7, 11) is 0. The van der Waals surface area contributed by atoms with E-state index in [4.69, 9.17) is 4.42 Å². The molecule has 4 rings (SSSR count). The number of nitrogens with zero attached hydrogens (tertiary/aromatic N) is 2. The van der Waals surface area contributed by atoms with E-state index in [-0.39, 0.29) is 42.4 Å². The number of aryl methyl sites for hydroxylation is 2. The average molecular weight is 568 g/mol. The van der Waals surface area contributed by atoms with E-state index in [0.29, 0.717) is 46.9 Å². The number of β-amino-alcohol motifs (C(OH)–C–C–N with tert-alkyl or cyclic N) is 1. The fourth-order valence-corrected chi connectivity index (χ4v) is 6.08. The standard InChI is InChI=1S/C31H45N5O5/c1-19-26(34-20(2)41-19)16-33-29(39)23-12-8-11-22(13-23)28(38)32-15-25(37)18-36-17-24-10-7-6-9-21(24)14-27(36)30(40)35-31(3,4)5/h8,11-13,21,24-25,27,37H,6-7,9-10,14-18H2,1-5H3,(H,32,38)(H,33,39)(H,35,40). The number of hydrogen-bond donors (Lipinski definition) is 4. The quantitative estimate of drug-likeness (QED) is 0.365. The predicted octanol–water partition coefficient (Wildman–Crippen LogP) is 3.11. The van der Waals surface area contributed by atoms with Crippen LogP contribution in [0, 0.1) is 25.7 Å². The van der Waals surface area contributed by atoms with Crippen LogP contribution in [0.25, 0.3) is 0 Å². The molecule has 224 valence electrons. The highest BCUT2D eigenvalue weighted by molar-refractivity contribution is 5.99. The van der Waals surface area contributed by atoms with E-state index in [2.05, 4.69) is 25.8 Å². The lowest BCUT2D eigenvalue weighted by Gasteiger charge is -2.46. The van der Waals surface area contributed by atoms with Crippen LogP contribution in [-0.4, -0.2) is 70.0 Å². The van der Waals surface area contributed by atoms with Crippen LogP contribution >= 0.6 is 0 Å². The highest BCUT2D eigenvalue weighted by Gasteiger charge is 2.41. The maximum Gasteiger partial charge on any atom is 0.251 e. The third kappa shape index (κ3) is 8.39. The minimum atomic E-state index is -0.843. The van der Waals surface area contributed by atoms with E-state index in [1.54, 1.807) is 32.0 Å². The summed E-state index contributed by atoms with van der Waals surface area (Å²) in [6.45, 7) is 10.8. The second kappa shape index (κ2) is 13.2. The third-order valence-electron chi connectivity index (χ3n) is 8.05. The Balaban J connectivity index is 1.32. The number of aliphatic hydroxyl groups excluding tert-OH is 1. The Morgan fingerprint density at radius 2 is 1.73 bits per heavy atom. The third-order valence-corrected chi connectivity index (χ3v) is 8.05. The number of carbonyl (C=O) groups is 3. The fourth-order valence-electron chi connectivity index (χ4n) is 6.08. The van der Waals surface area contributed by atoms with Crippen molar-refractivity contribution in [1.82, 2.24) is 25.8 Å². The van der Waals surface area contributed by atoms with Crippen LogP contribution in [0.15, 0.2) is 28.7 Å². The van der Waals surface area contributed by atoms with Gasteiger partial charge in [-0.1, -0.05) is 25.3 Å². The minimum Gasteiger partial charge on any atom is -0.446 e. The Bertz CT molecular complexity index is 1240. The summed E-state index contributed by atoms with van der Waals surface area (Å²) in [4.78, 5) is 45.2. The van der Waals surface area contributed by atoms with Crippen LogP contribution < -0.4 is 16.0 Å². The van der Waals surface area contributed by atoms with Gasteiger partial charge in [0.25, 0.3) is 11.8 Å². The molecule has 4 atom stereocenters. The van der Waals surface area contributed by atoms with Crippen LogP contribution in [0.1, 0.15) is 90.9 Å². The summed E-state index contributed by atoms with van der Waals surface area (Å²) in [5, 5.41) is 19.6. The summed E-state index contributed by atoms with van der Waals surface area (Å²) in [6.07, 6.45) is 4.70. The van der Waals surface area contributed by atoms with E-state index in [1.807, 2.05) is 20.8 Å². The van der Waals surface area contributed by atoms with Crippen molar-refractivity contribution in [2.75, 3.05) is 19.6 Å². The molecule has 41 heavy (non-hydrogen) atoms. The summed E-state index contributed by atoms with van der Waals surface area (Å²) < 4.78 is 5.40. The molecule has 2 aromatic rings. The topological polar surface area (TPSA) is 137 Å². The predicted molar refractivity (Wildman–Crippen MR) is 155 cm³/mol. The van der Waals surface area contributed by atoms with Gasteiger partial charge in [-0.05, 0) is 70.6 Å². The summed E-state index contributed by atoms with van der Waals surface area (Å²) in [5.41, 5.74) is 0.991. The first-order valence-electron chi connectivity index (χ1n) is 14.7. The van der Waals surface area contributed by atoms with Gasteiger partial charge in [0.15, 0.2) is 5.89 Å². The molecule has 0 radical (unpaired) electrons. The Kier molecular flexibility index (Phi) is 9.86. The van der Waals surface area contributed by atoms with Crippen LogP contribution in [-0.2, 0) is 11.3 Å². The molecule has 10 heteroatoms. The Morgan fingerprint density at radius 1 is 1.07 bits per heavy atom. The Morgan fingerprint density at radius 3 is 2.37 bits per heavy atom. The summed E-state index contributed by atoms with van der Waals surface area (Å²) in [5.74, 6) is 1.56. The molecular formula is C31H45N5O5. The molecule has 3 amide bonds. The van der Waals surface area contributed by atoms with Crippen molar-refractivity contribution in [3.05, 3.63) is 52.7 Å². The van der Waals surface area contributed by atoms with Gasteiger partial charge in [-0.2, -0.15) is 0 Å². The number of benzene rings is 1. The van der Waals surface area contributed by atoms with Crippen LogP contribution in [0.3, 0.4) is 0 Å². The first-order chi connectivity index (χ1) is 19.4. The fraction of sp³-hybridized carbons (Fsp3) is 0.613. The molecule has 1 aromatic carbocycles. The molecule has 2 heterocycles. The van der Waals surface area contributed by atoms with Crippen LogP contribution in [0.5, 0.6) is 0 Å². The molecule has 1 saturated heterocycles. The second-order valence-electron chi connectivity index (χ2n) is 12.6. The van der Waals surface area contributed by atoms with Gasteiger partial charge in [-0.25, -0.2) is 4.98 Å². The van der Waals surface area contributed by atoms with E-state index in [9.17, 15) is 19.5 Å². The molecule has 0 bridgehead atoms. The highest BCUT2D eigenvalue weighted by atomic mass is 16.4. The Hall–Kier alpha value is -3.24. The van der Waals surface area contributed by atoms with Crippen molar-refractivity contribution >= 4 is 17.7 Å². The molecule has 2 fully saturated rings. The number of hydrogen-bond acceptors (Lipinski definition) is 7. The van der Waals surface area contributed by atoms with Crippen molar-refractivity contribution < 1.29 is 23.9 Å². The zero-order valence-corrected chi connectivity index (χ0v) is 25.0. The van der Waals surface area contributed by atoms with Crippen molar-refractivity contribution in [3.63, 3.8) is 0 Å². The molecule has 1 saturated carbocycles. The lowest BCUT2D eigenvalue weighted by atomic mass is 9.72. The second-order valence-corrected chi connectivity index (χ2v) is 12.6. The van der Waals surface area contributed by atoms with E-state index < -0.39 is 6.10 Å². The monoisotopic (exact) mass is 567 g/mol. The zero-order valence-electron chi connectivity index (χ0n) is 25.0.